The highest BCUT2D eigenvalue weighted by molar-refractivity contribution is 6.17. The normalized spacial score (nSPS) is 13.5. The molecule has 9 rings (SSSR count). The number of benzene rings is 6. The van der Waals surface area contributed by atoms with Gasteiger partial charge in [-0.15, -0.1) is 0 Å². The molecule has 6 aromatic carbocycles. The Labute approximate surface area is 250 Å². The molecular formula is C40H29N3. The van der Waals surface area contributed by atoms with Crippen LogP contribution >= 0.6 is 0 Å². The molecule has 2 heterocycles. The standard InChI is InChI=1S/C40H29N3/c1-40(2)31-16-8-6-14-29(31)37-32(40)24-25-36-38(37)30-15-7-10-18-34(30)42(36)27-20-22-28(23-21-27)43-35-19-11-9-17-33(35)41-39(43)26-12-4-3-5-13-26/h3-25H,1-2H3. The summed E-state index contributed by atoms with van der Waals surface area (Å²) in [5.41, 5.74) is 13.4. The Morgan fingerprint density at radius 1 is 0.512 bits per heavy atom. The van der Waals surface area contributed by atoms with E-state index in [0.717, 1.165) is 33.8 Å². The molecule has 0 atom stereocenters. The van der Waals surface area contributed by atoms with Gasteiger partial charge < -0.3 is 4.57 Å². The van der Waals surface area contributed by atoms with Crippen molar-refractivity contribution < 1.29 is 0 Å². The van der Waals surface area contributed by atoms with Crippen molar-refractivity contribution in [1.82, 2.24) is 14.1 Å². The first kappa shape index (κ1) is 24.2. The van der Waals surface area contributed by atoms with Crippen molar-refractivity contribution in [3.05, 3.63) is 151 Å². The van der Waals surface area contributed by atoms with Gasteiger partial charge in [-0.3, -0.25) is 4.57 Å². The number of nitrogens with zero attached hydrogens (tertiary/aromatic N) is 3. The molecule has 0 amide bonds. The Morgan fingerprint density at radius 2 is 1.16 bits per heavy atom. The lowest BCUT2D eigenvalue weighted by atomic mass is 9.82. The summed E-state index contributed by atoms with van der Waals surface area (Å²) in [6, 6.07) is 50.2. The van der Waals surface area contributed by atoms with Crippen LogP contribution in [0.25, 0.3) is 66.7 Å². The van der Waals surface area contributed by atoms with E-state index < -0.39 is 0 Å². The van der Waals surface area contributed by atoms with Crippen molar-refractivity contribution >= 4 is 32.8 Å². The molecule has 0 radical (unpaired) electrons. The lowest BCUT2D eigenvalue weighted by molar-refractivity contribution is 0.661. The molecule has 204 valence electrons. The minimum atomic E-state index is -0.0327. The van der Waals surface area contributed by atoms with Gasteiger partial charge in [-0.2, -0.15) is 0 Å². The van der Waals surface area contributed by atoms with Gasteiger partial charge in [-0.25, -0.2) is 4.98 Å². The minimum Gasteiger partial charge on any atom is -0.309 e. The van der Waals surface area contributed by atoms with Crippen LogP contribution in [0, 0.1) is 0 Å². The molecule has 1 aliphatic carbocycles. The zero-order valence-corrected chi connectivity index (χ0v) is 24.1. The molecule has 0 bridgehead atoms. The quantitative estimate of drug-likeness (QED) is 0.214. The second kappa shape index (κ2) is 8.80. The number of aromatic nitrogens is 3. The van der Waals surface area contributed by atoms with Crippen LogP contribution in [-0.2, 0) is 5.41 Å². The summed E-state index contributed by atoms with van der Waals surface area (Å²) >= 11 is 0. The SMILES string of the molecule is CC1(C)c2ccccc2-c2c1ccc1c2c2ccccc2n1-c1ccc(-n2c(-c3ccccc3)nc3ccccc32)cc1. The Bertz CT molecular complexity index is 2350. The molecule has 43 heavy (non-hydrogen) atoms. The minimum absolute atomic E-state index is 0.0327. The van der Waals surface area contributed by atoms with E-state index in [1.807, 2.05) is 6.07 Å². The van der Waals surface area contributed by atoms with Crippen LogP contribution in [0.2, 0.25) is 0 Å². The highest BCUT2D eigenvalue weighted by Gasteiger charge is 2.37. The van der Waals surface area contributed by atoms with Crippen molar-refractivity contribution in [3.63, 3.8) is 0 Å². The van der Waals surface area contributed by atoms with Crippen LogP contribution < -0.4 is 0 Å². The monoisotopic (exact) mass is 551 g/mol. The highest BCUT2D eigenvalue weighted by atomic mass is 15.1. The molecule has 3 heteroatoms. The summed E-state index contributed by atoms with van der Waals surface area (Å²) in [5, 5.41) is 2.63. The molecule has 0 saturated heterocycles. The summed E-state index contributed by atoms with van der Waals surface area (Å²) in [4.78, 5) is 5.03. The van der Waals surface area contributed by atoms with Crippen molar-refractivity contribution in [2.45, 2.75) is 19.3 Å². The first-order valence-electron chi connectivity index (χ1n) is 14.9. The highest BCUT2D eigenvalue weighted by Crippen LogP contribution is 2.53. The lowest BCUT2D eigenvalue weighted by Crippen LogP contribution is -2.14. The lowest BCUT2D eigenvalue weighted by Gasteiger charge is -2.21. The Hall–Kier alpha value is -5.41. The molecular weight excluding hydrogens is 522 g/mol. The summed E-state index contributed by atoms with van der Waals surface area (Å²) in [5.74, 6) is 0.947. The van der Waals surface area contributed by atoms with Crippen molar-refractivity contribution in [2.75, 3.05) is 0 Å². The molecule has 2 aromatic heterocycles. The van der Waals surface area contributed by atoms with E-state index in [1.165, 1.54) is 44.1 Å². The zero-order chi connectivity index (χ0) is 28.7. The van der Waals surface area contributed by atoms with Crippen LogP contribution in [0.4, 0.5) is 0 Å². The number of para-hydroxylation sites is 3. The van der Waals surface area contributed by atoms with Gasteiger partial charge in [0.2, 0.25) is 0 Å². The van der Waals surface area contributed by atoms with Gasteiger partial charge in [0.05, 0.1) is 22.1 Å². The summed E-state index contributed by atoms with van der Waals surface area (Å²) in [6.45, 7) is 4.70. The van der Waals surface area contributed by atoms with Gasteiger partial charge in [0.15, 0.2) is 0 Å². The van der Waals surface area contributed by atoms with Crippen molar-refractivity contribution in [2.24, 2.45) is 0 Å². The topological polar surface area (TPSA) is 22.8 Å². The maximum atomic E-state index is 5.03. The van der Waals surface area contributed by atoms with E-state index in [1.54, 1.807) is 0 Å². The molecule has 0 unspecified atom stereocenters. The summed E-state index contributed by atoms with van der Waals surface area (Å²) in [7, 11) is 0. The number of rotatable bonds is 3. The fraction of sp³-hybridized carbons (Fsp3) is 0.0750. The average molecular weight is 552 g/mol. The molecule has 0 saturated carbocycles. The third kappa shape index (κ3) is 3.33. The van der Waals surface area contributed by atoms with Crippen molar-refractivity contribution in [1.29, 1.82) is 0 Å². The van der Waals surface area contributed by atoms with E-state index in [-0.39, 0.29) is 5.41 Å². The van der Waals surface area contributed by atoms with Gasteiger partial charge in [-0.05, 0) is 70.8 Å². The van der Waals surface area contributed by atoms with Crippen LogP contribution in [0.1, 0.15) is 25.0 Å². The van der Waals surface area contributed by atoms with E-state index in [0.29, 0.717) is 0 Å². The van der Waals surface area contributed by atoms with Crippen LogP contribution in [0.3, 0.4) is 0 Å². The molecule has 1 aliphatic rings. The van der Waals surface area contributed by atoms with E-state index in [4.69, 9.17) is 4.98 Å². The first-order chi connectivity index (χ1) is 21.1. The summed E-state index contributed by atoms with van der Waals surface area (Å²) < 4.78 is 4.69. The second-order valence-electron chi connectivity index (χ2n) is 12.0. The molecule has 8 aromatic rings. The number of fused-ring (bicyclic) bond motifs is 8. The average Bonchev–Trinajstić information content (AvgIpc) is 3.68. The van der Waals surface area contributed by atoms with Crippen LogP contribution in [-0.4, -0.2) is 14.1 Å². The van der Waals surface area contributed by atoms with Crippen LogP contribution in [0.5, 0.6) is 0 Å². The van der Waals surface area contributed by atoms with E-state index >= 15 is 0 Å². The first-order valence-corrected chi connectivity index (χ1v) is 14.9. The zero-order valence-electron chi connectivity index (χ0n) is 24.1. The largest absolute Gasteiger partial charge is 0.309 e. The third-order valence-corrected chi connectivity index (χ3v) is 9.34. The van der Waals surface area contributed by atoms with E-state index in [9.17, 15) is 0 Å². The number of hydrogen-bond acceptors (Lipinski definition) is 1. The summed E-state index contributed by atoms with van der Waals surface area (Å²) in [6.07, 6.45) is 0. The maximum absolute atomic E-state index is 5.03. The Kier molecular flexibility index (Phi) is 4.95. The smallest absolute Gasteiger partial charge is 0.145 e. The Morgan fingerprint density at radius 3 is 1.98 bits per heavy atom. The fourth-order valence-electron chi connectivity index (χ4n) is 7.35. The number of imidazole rings is 1. The molecule has 0 spiro atoms. The molecule has 0 N–H and O–H groups in total. The Balaban J connectivity index is 1.27. The number of hydrogen-bond donors (Lipinski definition) is 0. The van der Waals surface area contributed by atoms with Gasteiger partial charge in [-0.1, -0.05) is 105 Å². The fourth-order valence-corrected chi connectivity index (χ4v) is 7.35. The third-order valence-electron chi connectivity index (χ3n) is 9.34. The van der Waals surface area contributed by atoms with Crippen molar-refractivity contribution in [3.8, 4) is 33.9 Å². The predicted molar refractivity (Wildman–Crippen MR) is 178 cm³/mol. The molecule has 0 fully saturated rings. The van der Waals surface area contributed by atoms with Gasteiger partial charge in [0.1, 0.15) is 5.82 Å². The molecule has 0 aliphatic heterocycles. The van der Waals surface area contributed by atoms with Gasteiger partial charge >= 0.3 is 0 Å². The predicted octanol–water partition coefficient (Wildman–Crippen LogP) is 10.1. The molecule has 3 nitrogen and oxygen atoms in total. The van der Waals surface area contributed by atoms with Gasteiger partial charge in [0.25, 0.3) is 0 Å². The van der Waals surface area contributed by atoms with E-state index in [2.05, 4.69) is 156 Å². The van der Waals surface area contributed by atoms with Crippen LogP contribution in [0.15, 0.2) is 140 Å². The second-order valence-corrected chi connectivity index (χ2v) is 12.0. The van der Waals surface area contributed by atoms with Gasteiger partial charge in [0, 0.05) is 33.1 Å². The maximum Gasteiger partial charge on any atom is 0.145 e.